The summed E-state index contributed by atoms with van der Waals surface area (Å²) in [4.78, 5) is 0. The van der Waals surface area contributed by atoms with E-state index in [4.69, 9.17) is 4.74 Å². The Labute approximate surface area is 120 Å². The van der Waals surface area contributed by atoms with Crippen molar-refractivity contribution in [1.82, 2.24) is 5.32 Å². The number of rotatable bonds is 6. The lowest BCUT2D eigenvalue weighted by Gasteiger charge is -2.36. The zero-order valence-corrected chi connectivity index (χ0v) is 12.2. The van der Waals surface area contributed by atoms with Gasteiger partial charge in [-0.3, -0.25) is 0 Å². The molecule has 0 bridgehead atoms. The van der Waals surface area contributed by atoms with Gasteiger partial charge in [-0.25, -0.2) is 0 Å². The van der Waals surface area contributed by atoms with Gasteiger partial charge in [-0.05, 0) is 25.8 Å². The molecule has 1 saturated carbocycles. The van der Waals surface area contributed by atoms with Gasteiger partial charge in [0.2, 0.25) is 0 Å². The maximum absolute atomic E-state index is 10.2. The van der Waals surface area contributed by atoms with Gasteiger partial charge in [0.25, 0.3) is 0 Å². The van der Waals surface area contributed by atoms with Crippen molar-refractivity contribution in [3.05, 3.63) is 23.8 Å². The Morgan fingerprint density at radius 2 is 2.00 bits per heavy atom. The molecule has 20 heavy (non-hydrogen) atoms. The lowest BCUT2D eigenvalue weighted by molar-refractivity contribution is 0.119. The first-order valence-electron chi connectivity index (χ1n) is 7.50. The van der Waals surface area contributed by atoms with Gasteiger partial charge in [0.1, 0.15) is 0 Å². The van der Waals surface area contributed by atoms with Crippen molar-refractivity contribution in [2.24, 2.45) is 0 Å². The molecule has 112 valence electrons. The highest BCUT2D eigenvalue weighted by Gasteiger charge is 2.30. The Morgan fingerprint density at radius 1 is 1.25 bits per heavy atom. The molecule has 0 saturated heterocycles. The molecule has 1 aliphatic carbocycles. The van der Waals surface area contributed by atoms with Gasteiger partial charge in [0.05, 0.1) is 13.2 Å². The minimum atomic E-state index is -0.188. The summed E-state index contributed by atoms with van der Waals surface area (Å²) in [7, 11) is 0. The molecular weight excluding hydrogens is 254 g/mol. The molecule has 0 aliphatic heterocycles. The summed E-state index contributed by atoms with van der Waals surface area (Å²) >= 11 is 0. The Morgan fingerprint density at radius 3 is 2.65 bits per heavy atom. The third kappa shape index (κ3) is 3.44. The van der Waals surface area contributed by atoms with Crippen LogP contribution in [-0.4, -0.2) is 29.0 Å². The van der Waals surface area contributed by atoms with Crippen LogP contribution in [0.4, 0.5) is 0 Å². The van der Waals surface area contributed by atoms with Crippen molar-refractivity contribution in [2.45, 2.75) is 51.1 Å². The van der Waals surface area contributed by atoms with E-state index in [2.05, 4.69) is 5.32 Å². The number of phenolic OH excluding ortho intramolecular Hbond substituents is 1. The standard InChI is InChI=1S/C16H25NO3/c1-2-20-14-8-6-7-13(15(14)19)11-17-16(12-18)9-4-3-5-10-16/h6-8,17-19H,2-5,9-12H2,1H3. The van der Waals surface area contributed by atoms with Crippen molar-refractivity contribution in [1.29, 1.82) is 0 Å². The van der Waals surface area contributed by atoms with Gasteiger partial charge in [0.15, 0.2) is 11.5 Å². The second-order valence-electron chi connectivity index (χ2n) is 5.55. The molecule has 0 amide bonds. The van der Waals surface area contributed by atoms with Crippen molar-refractivity contribution in [3.63, 3.8) is 0 Å². The Balaban J connectivity index is 2.04. The molecule has 0 spiro atoms. The number of para-hydroxylation sites is 1. The third-order valence-electron chi connectivity index (χ3n) is 4.15. The maximum Gasteiger partial charge on any atom is 0.162 e. The number of hydrogen-bond donors (Lipinski definition) is 3. The summed E-state index contributed by atoms with van der Waals surface area (Å²) < 4.78 is 5.39. The quantitative estimate of drug-likeness (QED) is 0.749. The average molecular weight is 279 g/mol. The number of nitrogens with one attached hydrogen (secondary N) is 1. The van der Waals surface area contributed by atoms with Crippen molar-refractivity contribution in [3.8, 4) is 11.5 Å². The summed E-state index contributed by atoms with van der Waals surface area (Å²) in [5.74, 6) is 0.722. The van der Waals surface area contributed by atoms with Gasteiger partial charge in [-0.15, -0.1) is 0 Å². The highest BCUT2D eigenvalue weighted by Crippen LogP contribution is 2.32. The third-order valence-corrected chi connectivity index (χ3v) is 4.15. The number of aromatic hydroxyl groups is 1. The monoisotopic (exact) mass is 279 g/mol. The minimum absolute atomic E-state index is 0.152. The van der Waals surface area contributed by atoms with E-state index in [0.29, 0.717) is 18.9 Å². The average Bonchev–Trinajstić information content (AvgIpc) is 2.49. The number of phenols is 1. The number of hydrogen-bond acceptors (Lipinski definition) is 4. The molecule has 0 heterocycles. The Bertz CT molecular complexity index is 428. The first kappa shape index (κ1) is 15.1. The van der Waals surface area contributed by atoms with Crippen LogP contribution in [0, 0.1) is 0 Å². The van der Waals surface area contributed by atoms with E-state index in [9.17, 15) is 10.2 Å². The molecule has 2 rings (SSSR count). The van der Waals surface area contributed by atoms with E-state index in [-0.39, 0.29) is 17.9 Å². The highest BCUT2D eigenvalue weighted by atomic mass is 16.5. The van der Waals surface area contributed by atoms with Gasteiger partial charge >= 0.3 is 0 Å². The summed E-state index contributed by atoms with van der Waals surface area (Å²) in [5.41, 5.74) is 0.626. The molecule has 0 aromatic heterocycles. The smallest absolute Gasteiger partial charge is 0.162 e. The van der Waals surface area contributed by atoms with Crippen molar-refractivity contribution < 1.29 is 14.9 Å². The SMILES string of the molecule is CCOc1cccc(CNC2(CO)CCCCC2)c1O. The fourth-order valence-corrected chi connectivity index (χ4v) is 2.88. The molecule has 1 fully saturated rings. The normalized spacial score (nSPS) is 17.9. The lowest BCUT2D eigenvalue weighted by Crippen LogP contribution is -2.49. The van der Waals surface area contributed by atoms with E-state index in [1.54, 1.807) is 6.07 Å². The molecule has 1 aliphatic rings. The van der Waals surface area contributed by atoms with Gasteiger partial charge < -0.3 is 20.3 Å². The van der Waals surface area contributed by atoms with Gasteiger partial charge in [-0.2, -0.15) is 0 Å². The van der Waals surface area contributed by atoms with Crippen LogP contribution in [0.5, 0.6) is 11.5 Å². The number of ether oxygens (including phenoxy) is 1. The summed E-state index contributed by atoms with van der Waals surface area (Å²) in [6.07, 6.45) is 5.54. The molecule has 0 unspecified atom stereocenters. The van der Waals surface area contributed by atoms with Crippen LogP contribution in [-0.2, 0) is 6.54 Å². The van der Waals surface area contributed by atoms with Crippen LogP contribution in [0.15, 0.2) is 18.2 Å². The van der Waals surface area contributed by atoms with E-state index < -0.39 is 0 Å². The first-order valence-corrected chi connectivity index (χ1v) is 7.50. The molecule has 3 N–H and O–H groups in total. The fraction of sp³-hybridized carbons (Fsp3) is 0.625. The van der Waals surface area contributed by atoms with E-state index in [1.165, 1.54) is 6.42 Å². The second kappa shape index (κ2) is 6.95. The summed E-state index contributed by atoms with van der Waals surface area (Å²) in [6, 6.07) is 5.54. The molecule has 0 radical (unpaired) electrons. The number of aliphatic hydroxyl groups excluding tert-OH is 1. The van der Waals surface area contributed by atoms with E-state index >= 15 is 0 Å². The predicted octanol–water partition coefficient (Wildman–Crippen LogP) is 2.58. The van der Waals surface area contributed by atoms with Crippen LogP contribution in [0.3, 0.4) is 0 Å². The van der Waals surface area contributed by atoms with Crippen LogP contribution in [0.2, 0.25) is 0 Å². The van der Waals surface area contributed by atoms with Crippen LogP contribution >= 0.6 is 0 Å². The first-order chi connectivity index (χ1) is 9.71. The highest BCUT2D eigenvalue weighted by molar-refractivity contribution is 5.45. The van der Waals surface area contributed by atoms with Crippen molar-refractivity contribution in [2.75, 3.05) is 13.2 Å². The molecule has 4 heteroatoms. The zero-order valence-electron chi connectivity index (χ0n) is 12.2. The minimum Gasteiger partial charge on any atom is -0.504 e. The fourth-order valence-electron chi connectivity index (χ4n) is 2.88. The van der Waals surface area contributed by atoms with Crippen LogP contribution in [0.25, 0.3) is 0 Å². The molecule has 4 nitrogen and oxygen atoms in total. The maximum atomic E-state index is 10.2. The van der Waals surface area contributed by atoms with Crippen molar-refractivity contribution >= 4 is 0 Å². The van der Waals surface area contributed by atoms with E-state index in [0.717, 1.165) is 31.2 Å². The molecule has 1 aromatic carbocycles. The predicted molar refractivity (Wildman–Crippen MR) is 79.0 cm³/mol. The van der Waals surface area contributed by atoms with Gasteiger partial charge in [0, 0.05) is 17.6 Å². The zero-order chi connectivity index (χ0) is 14.4. The number of benzene rings is 1. The molecule has 0 atom stereocenters. The lowest BCUT2D eigenvalue weighted by atomic mass is 9.82. The van der Waals surface area contributed by atoms with E-state index in [1.807, 2.05) is 19.1 Å². The largest absolute Gasteiger partial charge is 0.504 e. The van der Waals surface area contributed by atoms with Crippen LogP contribution in [0.1, 0.15) is 44.6 Å². The Kier molecular flexibility index (Phi) is 5.26. The van der Waals surface area contributed by atoms with Crippen LogP contribution < -0.4 is 10.1 Å². The topological polar surface area (TPSA) is 61.7 Å². The van der Waals surface area contributed by atoms with Gasteiger partial charge in [-0.1, -0.05) is 31.4 Å². The summed E-state index contributed by atoms with van der Waals surface area (Å²) in [5, 5.41) is 23.3. The Hall–Kier alpha value is -1.26. The second-order valence-corrected chi connectivity index (χ2v) is 5.55. The molecule has 1 aromatic rings. The summed E-state index contributed by atoms with van der Waals surface area (Å²) in [6.45, 7) is 3.13. The number of aliphatic hydroxyl groups is 1. The molecular formula is C16H25NO3.